The Labute approximate surface area is 107 Å². The number of rotatable bonds is 9. The van der Waals surface area contributed by atoms with E-state index in [-0.39, 0.29) is 19.1 Å². The van der Waals surface area contributed by atoms with Crippen molar-refractivity contribution < 1.29 is 28.7 Å². The first-order valence-corrected chi connectivity index (χ1v) is 7.56. The highest BCUT2D eigenvalue weighted by atomic mass is 31.2. The van der Waals surface area contributed by atoms with Crippen LogP contribution in [-0.2, 0) is 18.4 Å². The van der Waals surface area contributed by atoms with E-state index in [9.17, 15) is 14.6 Å². The molecule has 0 saturated heterocycles. The third-order valence-corrected chi connectivity index (χ3v) is 4.11. The average Bonchev–Trinajstić information content (AvgIpc) is 2.15. The normalized spacial score (nSPS) is 14.2. The Balaban J connectivity index is 4.81. The van der Waals surface area contributed by atoms with Gasteiger partial charge < -0.3 is 19.4 Å². The standard InChI is InChI=1S/C10H22NO6P/c1-5-16-18(15,17-6-2)7-11(14)9(8(3)4)10(12)13/h8-9,14H,5-7H2,1-4H3,(H,12,13)/t9-/m0/s1. The minimum atomic E-state index is -3.50. The van der Waals surface area contributed by atoms with Gasteiger partial charge in [-0.3, -0.25) is 9.36 Å². The molecule has 2 N–H and O–H groups in total. The predicted octanol–water partition coefficient (Wildman–Crippen LogP) is 2.01. The lowest BCUT2D eigenvalue weighted by Gasteiger charge is -2.28. The molecule has 0 aromatic heterocycles. The zero-order chi connectivity index (χ0) is 14.3. The second-order valence-corrected chi connectivity index (χ2v) is 6.08. The fourth-order valence-corrected chi connectivity index (χ4v) is 3.09. The molecule has 0 aliphatic rings. The van der Waals surface area contributed by atoms with Crippen LogP contribution in [-0.4, -0.2) is 46.9 Å². The third-order valence-electron chi connectivity index (χ3n) is 2.18. The molecule has 0 aliphatic carbocycles. The first kappa shape index (κ1) is 17.5. The zero-order valence-corrected chi connectivity index (χ0v) is 12.1. The molecular weight excluding hydrogens is 261 g/mol. The Morgan fingerprint density at radius 2 is 1.72 bits per heavy atom. The lowest BCUT2D eigenvalue weighted by Crippen LogP contribution is -2.43. The van der Waals surface area contributed by atoms with Crippen LogP contribution < -0.4 is 0 Å². The molecule has 0 saturated carbocycles. The largest absolute Gasteiger partial charge is 0.480 e. The summed E-state index contributed by atoms with van der Waals surface area (Å²) in [7, 11) is -3.50. The molecule has 0 rings (SSSR count). The number of hydrogen-bond acceptors (Lipinski definition) is 6. The Hall–Kier alpha value is -0.460. The van der Waals surface area contributed by atoms with Crippen molar-refractivity contribution in [3.8, 4) is 0 Å². The Morgan fingerprint density at radius 1 is 1.28 bits per heavy atom. The monoisotopic (exact) mass is 283 g/mol. The molecule has 0 fully saturated rings. The number of carboxylic acids is 1. The average molecular weight is 283 g/mol. The Kier molecular flexibility index (Phi) is 7.66. The van der Waals surface area contributed by atoms with Gasteiger partial charge in [0, 0.05) is 0 Å². The van der Waals surface area contributed by atoms with Crippen molar-refractivity contribution in [2.75, 3.05) is 19.5 Å². The molecule has 0 radical (unpaired) electrons. The van der Waals surface area contributed by atoms with Crippen molar-refractivity contribution in [1.82, 2.24) is 5.06 Å². The first-order valence-electron chi connectivity index (χ1n) is 5.83. The van der Waals surface area contributed by atoms with Crippen molar-refractivity contribution in [2.45, 2.75) is 33.7 Å². The van der Waals surface area contributed by atoms with Gasteiger partial charge in [0.25, 0.3) is 0 Å². The Bertz CT molecular complexity index is 299. The number of carbonyl (C=O) groups is 1. The van der Waals surface area contributed by atoms with E-state index in [1.807, 2.05) is 0 Å². The van der Waals surface area contributed by atoms with Gasteiger partial charge in [-0.05, 0) is 19.8 Å². The van der Waals surface area contributed by atoms with Crippen LogP contribution in [0.2, 0.25) is 0 Å². The summed E-state index contributed by atoms with van der Waals surface area (Å²) in [5.41, 5.74) is 0. The number of aliphatic carboxylic acids is 1. The fourth-order valence-electron chi connectivity index (χ4n) is 1.53. The summed E-state index contributed by atoms with van der Waals surface area (Å²) in [6.07, 6.45) is -0.468. The van der Waals surface area contributed by atoms with Gasteiger partial charge in [-0.25, -0.2) is 0 Å². The number of hydroxylamine groups is 2. The number of carboxylic acid groups (broad SMARTS) is 1. The highest BCUT2D eigenvalue weighted by Gasteiger charge is 2.35. The highest BCUT2D eigenvalue weighted by molar-refractivity contribution is 7.53. The molecule has 8 heteroatoms. The van der Waals surface area contributed by atoms with Crippen molar-refractivity contribution in [3.05, 3.63) is 0 Å². The fraction of sp³-hybridized carbons (Fsp3) is 0.900. The molecule has 7 nitrogen and oxygen atoms in total. The summed E-state index contributed by atoms with van der Waals surface area (Å²) in [5, 5.41) is 19.3. The lowest BCUT2D eigenvalue weighted by atomic mass is 10.1. The summed E-state index contributed by atoms with van der Waals surface area (Å²) in [6, 6.07) is -1.15. The van der Waals surface area contributed by atoms with E-state index in [0.717, 1.165) is 0 Å². The smallest absolute Gasteiger partial charge is 0.346 e. The quantitative estimate of drug-likeness (QED) is 0.493. The summed E-state index contributed by atoms with van der Waals surface area (Å²) in [5.74, 6) is -1.53. The van der Waals surface area contributed by atoms with Gasteiger partial charge in [0.2, 0.25) is 0 Å². The maximum atomic E-state index is 12.1. The molecule has 0 aliphatic heterocycles. The lowest BCUT2D eigenvalue weighted by molar-refractivity contribution is -0.171. The van der Waals surface area contributed by atoms with E-state index in [4.69, 9.17) is 14.2 Å². The van der Waals surface area contributed by atoms with E-state index in [0.29, 0.717) is 5.06 Å². The van der Waals surface area contributed by atoms with Crippen LogP contribution in [0, 0.1) is 5.92 Å². The van der Waals surface area contributed by atoms with Gasteiger partial charge in [0.15, 0.2) is 0 Å². The summed E-state index contributed by atoms with van der Waals surface area (Å²) in [4.78, 5) is 11.0. The van der Waals surface area contributed by atoms with Gasteiger partial charge in [0.05, 0.1) is 13.2 Å². The molecular formula is C10H22NO6P. The third kappa shape index (κ3) is 5.46. The van der Waals surface area contributed by atoms with Crippen LogP contribution >= 0.6 is 7.60 Å². The number of hydrogen-bond donors (Lipinski definition) is 2. The first-order chi connectivity index (χ1) is 8.27. The van der Waals surface area contributed by atoms with Crippen molar-refractivity contribution >= 4 is 13.6 Å². The van der Waals surface area contributed by atoms with Crippen LogP contribution in [0.4, 0.5) is 0 Å². The molecule has 0 unspecified atom stereocenters. The molecule has 0 bridgehead atoms. The van der Waals surface area contributed by atoms with Gasteiger partial charge >= 0.3 is 13.6 Å². The maximum absolute atomic E-state index is 12.1. The van der Waals surface area contributed by atoms with Crippen LogP contribution in [0.3, 0.4) is 0 Å². The number of nitrogens with zero attached hydrogens (tertiary/aromatic N) is 1. The van der Waals surface area contributed by atoms with Crippen LogP contribution in [0.15, 0.2) is 0 Å². The molecule has 18 heavy (non-hydrogen) atoms. The summed E-state index contributed by atoms with van der Waals surface area (Å²) >= 11 is 0. The van der Waals surface area contributed by atoms with Crippen molar-refractivity contribution in [2.24, 2.45) is 5.92 Å². The molecule has 0 spiro atoms. The maximum Gasteiger partial charge on any atom is 0.346 e. The van der Waals surface area contributed by atoms with E-state index < -0.39 is 25.9 Å². The van der Waals surface area contributed by atoms with Gasteiger partial charge in [-0.1, -0.05) is 13.8 Å². The van der Waals surface area contributed by atoms with Crippen molar-refractivity contribution in [3.63, 3.8) is 0 Å². The summed E-state index contributed by atoms with van der Waals surface area (Å²) < 4.78 is 22.1. The SMILES string of the molecule is CCOP(=O)(CN(O)[C@H](C(=O)O)C(C)C)OCC. The molecule has 108 valence electrons. The minimum absolute atomic E-state index is 0.157. The molecule has 0 amide bonds. The second-order valence-electron chi connectivity index (χ2n) is 4.05. The highest BCUT2D eigenvalue weighted by Crippen LogP contribution is 2.48. The zero-order valence-electron chi connectivity index (χ0n) is 11.2. The molecule has 0 aromatic carbocycles. The van der Waals surface area contributed by atoms with Gasteiger partial charge in [-0.15, -0.1) is 0 Å². The van der Waals surface area contributed by atoms with E-state index >= 15 is 0 Å². The van der Waals surface area contributed by atoms with Crippen LogP contribution in [0.25, 0.3) is 0 Å². The van der Waals surface area contributed by atoms with E-state index in [1.165, 1.54) is 0 Å². The van der Waals surface area contributed by atoms with Crippen LogP contribution in [0.5, 0.6) is 0 Å². The van der Waals surface area contributed by atoms with E-state index in [2.05, 4.69) is 0 Å². The predicted molar refractivity (Wildman–Crippen MR) is 65.6 cm³/mol. The van der Waals surface area contributed by atoms with Gasteiger partial charge in [-0.2, -0.15) is 5.06 Å². The molecule has 0 heterocycles. The molecule has 0 aromatic rings. The second kappa shape index (κ2) is 7.86. The minimum Gasteiger partial charge on any atom is -0.480 e. The Morgan fingerprint density at radius 3 is 2.00 bits per heavy atom. The topological polar surface area (TPSA) is 96.3 Å². The van der Waals surface area contributed by atoms with Crippen molar-refractivity contribution in [1.29, 1.82) is 0 Å². The van der Waals surface area contributed by atoms with Crippen LogP contribution in [0.1, 0.15) is 27.7 Å². The summed E-state index contributed by atoms with van der Waals surface area (Å²) in [6.45, 7) is 6.90. The van der Waals surface area contributed by atoms with E-state index in [1.54, 1.807) is 27.7 Å². The van der Waals surface area contributed by atoms with Gasteiger partial charge in [0.1, 0.15) is 12.3 Å². The molecule has 1 atom stereocenters.